The van der Waals surface area contributed by atoms with Gasteiger partial charge in [0.15, 0.2) is 0 Å². The van der Waals surface area contributed by atoms with Crippen LogP contribution in [0, 0.1) is 0 Å². The molecule has 0 amide bonds. The summed E-state index contributed by atoms with van der Waals surface area (Å²) in [6.45, 7) is 0. The van der Waals surface area contributed by atoms with Gasteiger partial charge in [-0.05, 0) is 0 Å². The Bertz CT molecular complexity index is 213. The molecular weight excluding hydrogens is 226 g/mol. The molecule has 1 aromatic carbocycles. The number of benzene rings is 1. The second-order valence-electron chi connectivity index (χ2n) is 2.15. The van der Waals surface area contributed by atoms with E-state index in [0.717, 1.165) is 0 Å². The predicted octanol–water partition coefficient (Wildman–Crippen LogP) is 3.73. The van der Waals surface area contributed by atoms with Gasteiger partial charge in [0.25, 0.3) is 0 Å². The summed E-state index contributed by atoms with van der Waals surface area (Å²) in [5.41, 5.74) is 0. The Balaban J connectivity index is 0.000000280. The van der Waals surface area contributed by atoms with E-state index in [9.17, 15) is 26.3 Å². The van der Waals surface area contributed by atoms with Crippen molar-refractivity contribution in [3.05, 3.63) is 36.4 Å². The maximum absolute atomic E-state index is 10.6. The highest BCUT2D eigenvalue weighted by atomic mass is 19.4. The third kappa shape index (κ3) is 12.8. The third-order valence-electron chi connectivity index (χ3n) is 0.898. The molecular formula is C8H6F6O. The quantitative estimate of drug-likeness (QED) is 0.619. The van der Waals surface area contributed by atoms with Crippen molar-refractivity contribution >= 4 is 0 Å². The molecule has 1 rings (SSSR count). The van der Waals surface area contributed by atoms with Crippen LogP contribution in [0.4, 0.5) is 26.3 Å². The van der Waals surface area contributed by atoms with Crippen LogP contribution in [-0.4, -0.2) is 12.7 Å². The maximum atomic E-state index is 10.6. The SMILES string of the molecule is FC(F)(F)OC(F)(F)F.c1ccccc1. The molecule has 1 aromatic rings. The molecule has 86 valence electrons. The summed E-state index contributed by atoms with van der Waals surface area (Å²) >= 11 is 0. The molecule has 0 aliphatic rings. The molecule has 0 heterocycles. The zero-order valence-electron chi connectivity index (χ0n) is 7.14. The van der Waals surface area contributed by atoms with Gasteiger partial charge in [-0.15, -0.1) is 26.3 Å². The molecule has 0 aliphatic carbocycles. The Morgan fingerprint density at radius 1 is 0.533 bits per heavy atom. The zero-order chi connectivity index (χ0) is 11.9. The van der Waals surface area contributed by atoms with Crippen LogP contribution >= 0.6 is 0 Å². The molecule has 0 aliphatic heterocycles. The van der Waals surface area contributed by atoms with E-state index in [1.54, 1.807) is 4.74 Å². The minimum Gasteiger partial charge on any atom is -0.196 e. The Morgan fingerprint density at radius 3 is 0.800 bits per heavy atom. The van der Waals surface area contributed by atoms with E-state index in [4.69, 9.17) is 0 Å². The lowest BCUT2D eigenvalue weighted by atomic mass is 10.4. The van der Waals surface area contributed by atoms with Crippen LogP contribution < -0.4 is 0 Å². The number of ether oxygens (including phenoxy) is 1. The van der Waals surface area contributed by atoms with E-state index in [0.29, 0.717) is 0 Å². The Morgan fingerprint density at radius 2 is 0.733 bits per heavy atom. The van der Waals surface area contributed by atoms with Crippen LogP contribution in [-0.2, 0) is 4.74 Å². The Kier molecular flexibility index (Phi) is 5.13. The van der Waals surface area contributed by atoms with Crippen LogP contribution in [0.5, 0.6) is 0 Å². The Labute approximate surface area is 81.3 Å². The topological polar surface area (TPSA) is 9.23 Å². The molecule has 0 spiro atoms. The summed E-state index contributed by atoms with van der Waals surface area (Å²) in [5, 5.41) is 0. The highest BCUT2D eigenvalue weighted by Gasteiger charge is 2.45. The molecule has 0 aromatic heterocycles. The van der Waals surface area contributed by atoms with Gasteiger partial charge in [-0.2, -0.15) is 4.74 Å². The molecule has 0 saturated carbocycles. The molecule has 0 atom stereocenters. The van der Waals surface area contributed by atoms with Crippen molar-refractivity contribution in [2.45, 2.75) is 12.7 Å². The number of hydrogen-bond donors (Lipinski definition) is 0. The van der Waals surface area contributed by atoms with Gasteiger partial charge in [-0.25, -0.2) is 0 Å². The number of rotatable bonds is 0. The fourth-order valence-corrected chi connectivity index (χ4v) is 0.516. The van der Waals surface area contributed by atoms with Gasteiger partial charge in [-0.1, -0.05) is 36.4 Å². The van der Waals surface area contributed by atoms with Gasteiger partial charge in [0.2, 0.25) is 0 Å². The number of alkyl halides is 6. The lowest BCUT2D eigenvalue weighted by molar-refractivity contribution is -0.463. The standard InChI is InChI=1S/C6H6.C2F6O/c1-2-4-6-5-3-1;3-1(4,5)9-2(6,7)8/h1-6H;. The van der Waals surface area contributed by atoms with Gasteiger partial charge in [0.1, 0.15) is 0 Å². The average Bonchev–Trinajstić information content (AvgIpc) is 2.01. The van der Waals surface area contributed by atoms with E-state index in [-0.39, 0.29) is 0 Å². The largest absolute Gasteiger partial charge is 0.529 e. The summed E-state index contributed by atoms with van der Waals surface area (Å²) in [6.07, 6.45) is -11.3. The summed E-state index contributed by atoms with van der Waals surface area (Å²) in [7, 11) is 0. The van der Waals surface area contributed by atoms with Crippen LogP contribution in [0.3, 0.4) is 0 Å². The van der Waals surface area contributed by atoms with Crippen molar-refractivity contribution in [1.82, 2.24) is 0 Å². The monoisotopic (exact) mass is 232 g/mol. The molecule has 0 bridgehead atoms. The summed E-state index contributed by atoms with van der Waals surface area (Å²) in [6, 6.07) is 12.0. The molecule has 1 nitrogen and oxygen atoms in total. The summed E-state index contributed by atoms with van der Waals surface area (Å²) in [5.74, 6) is 0. The number of hydrogen-bond acceptors (Lipinski definition) is 1. The fourth-order valence-electron chi connectivity index (χ4n) is 0.516. The molecule has 0 fully saturated rings. The van der Waals surface area contributed by atoms with Crippen LogP contribution in [0.15, 0.2) is 36.4 Å². The van der Waals surface area contributed by atoms with Gasteiger partial charge >= 0.3 is 12.7 Å². The minimum absolute atomic E-state index is 1.62. The van der Waals surface area contributed by atoms with E-state index in [1.165, 1.54) is 0 Å². The molecule has 0 saturated heterocycles. The van der Waals surface area contributed by atoms with E-state index < -0.39 is 12.7 Å². The van der Waals surface area contributed by atoms with Gasteiger partial charge in [0, 0.05) is 0 Å². The number of halogens is 6. The highest BCUT2D eigenvalue weighted by Crippen LogP contribution is 2.28. The van der Waals surface area contributed by atoms with Crippen LogP contribution in [0.2, 0.25) is 0 Å². The second kappa shape index (κ2) is 5.59. The summed E-state index contributed by atoms with van der Waals surface area (Å²) in [4.78, 5) is 0. The molecule has 7 heteroatoms. The normalized spacial score (nSPS) is 11.6. The van der Waals surface area contributed by atoms with Crippen molar-refractivity contribution in [2.24, 2.45) is 0 Å². The van der Waals surface area contributed by atoms with Crippen molar-refractivity contribution in [3.63, 3.8) is 0 Å². The highest BCUT2D eigenvalue weighted by molar-refractivity contribution is 4.99. The van der Waals surface area contributed by atoms with Crippen LogP contribution in [0.25, 0.3) is 0 Å². The van der Waals surface area contributed by atoms with Gasteiger partial charge < -0.3 is 0 Å². The first kappa shape index (κ1) is 13.8. The second-order valence-corrected chi connectivity index (χ2v) is 2.15. The third-order valence-corrected chi connectivity index (χ3v) is 0.898. The summed E-state index contributed by atoms with van der Waals surface area (Å²) < 4.78 is 65.3. The minimum atomic E-state index is -5.64. The Hall–Kier alpha value is -1.24. The van der Waals surface area contributed by atoms with Crippen LogP contribution in [0.1, 0.15) is 0 Å². The first-order chi connectivity index (χ1) is 6.71. The average molecular weight is 232 g/mol. The van der Waals surface area contributed by atoms with Crippen molar-refractivity contribution in [2.75, 3.05) is 0 Å². The first-order valence-electron chi connectivity index (χ1n) is 3.54. The maximum Gasteiger partial charge on any atom is 0.529 e. The van der Waals surface area contributed by atoms with Crippen molar-refractivity contribution in [1.29, 1.82) is 0 Å². The lowest BCUT2D eigenvalue weighted by Gasteiger charge is -2.08. The molecule has 15 heavy (non-hydrogen) atoms. The smallest absolute Gasteiger partial charge is 0.196 e. The van der Waals surface area contributed by atoms with Crippen molar-refractivity contribution < 1.29 is 31.1 Å². The van der Waals surface area contributed by atoms with E-state index in [1.807, 2.05) is 36.4 Å². The van der Waals surface area contributed by atoms with Gasteiger partial charge in [-0.3, -0.25) is 0 Å². The lowest BCUT2D eigenvalue weighted by Crippen LogP contribution is -2.25. The fraction of sp³-hybridized carbons (Fsp3) is 0.250. The first-order valence-corrected chi connectivity index (χ1v) is 3.54. The van der Waals surface area contributed by atoms with Crippen molar-refractivity contribution in [3.8, 4) is 0 Å². The zero-order valence-corrected chi connectivity index (χ0v) is 7.14. The van der Waals surface area contributed by atoms with Gasteiger partial charge in [0.05, 0.1) is 0 Å². The molecule has 0 N–H and O–H groups in total. The molecule has 0 radical (unpaired) electrons. The predicted molar refractivity (Wildman–Crippen MR) is 39.6 cm³/mol. The van der Waals surface area contributed by atoms with E-state index >= 15 is 0 Å². The molecule has 0 unspecified atom stereocenters. The van der Waals surface area contributed by atoms with E-state index in [2.05, 4.69) is 0 Å².